The summed E-state index contributed by atoms with van der Waals surface area (Å²) in [4.78, 5) is 2.45. The Hall–Kier alpha value is -1.26. The van der Waals surface area contributed by atoms with E-state index in [1.807, 2.05) is 6.92 Å². The van der Waals surface area contributed by atoms with E-state index in [1.54, 1.807) is 18.2 Å². The number of nitrogens with zero attached hydrogens (tertiary/aromatic N) is 1. The third kappa shape index (κ3) is 3.61. The van der Waals surface area contributed by atoms with Crippen LogP contribution in [-0.2, 0) is 0 Å². The zero-order valence-electron chi connectivity index (χ0n) is 11.8. The number of likely N-dealkylation sites (tertiary alicyclic amines) is 1. The second-order valence-electron chi connectivity index (χ2n) is 5.51. The van der Waals surface area contributed by atoms with Crippen molar-refractivity contribution in [2.75, 3.05) is 19.6 Å². The van der Waals surface area contributed by atoms with Gasteiger partial charge in [-0.2, -0.15) is 0 Å². The van der Waals surface area contributed by atoms with E-state index in [2.05, 4.69) is 17.1 Å². The molecule has 1 fully saturated rings. The molecule has 1 aromatic carbocycles. The quantitative estimate of drug-likeness (QED) is 0.763. The van der Waals surface area contributed by atoms with Crippen LogP contribution in [0.4, 0.5) is 0 Å². The van der Waals surface area contributed by atoms with Crippen molar-refractivity contribution in [1.29, 1.82) is 0 Å². The minimum atomic E-state index is -0.0706. The molecule has 2 unspecified atom stereocenters. The molecule has 0 saturated carbocycles. The fourth-order valence-electron chi connectivity index (χ4n) is 2.90. The van der Waals surface area contributed by atoms with Gasteiger partial charge < -0.3 is 20.4 Å². The lowest BCUT2D eigenvalue weighted by Crippen LogP contribution is -2.39. The monoisotopic (exact) mass is 264 g/mol. The van der Waals surface area contributed by atoms with Gasteiger partial charge in [-0.05, 0) is 51.9 Å². The van der Waals surface area contributed by atoms with Crippen LogP contribution in [0.3, 0.4) is 0 Å². The van der Waals surface area contributed by atoms with Gasteiger partial charge in [0.05, 0.1) is 5.56 Å². The SMILES string of the molecule is CC(CN1CCCC1)NC(C)c1c(O)cccc1O. The Balaban J connectivity index is 1.94. The highest BCUT2D eigenvalue weighted by atomic mass is 16.3. The molecule has 0 amide bonds. The fraction of sp³-hybridized carbons (Fsp3) is 0.600. The number of nitrogens with one attached hydrogen (secondary N) is 1. The molecule has 106 valence electrons. The predicted octanol–water partition coefficient (Wildman–Crippen LogP) is 2.23. The lowest BCUT2D eigenvalue weighted by molar-refractivity contribution is 0.286. The van der Waals surface area contributed by atoms with Crippen LogP contribution in [0.25, 0.3) is 0 Å². The van der Waals surface area contributed by atoms with Crippen molar-refractivity contribution in [2.24, 2.45) is 0 Å². The zero-order valence-corrected chi connectivity index (χ0v) is 11.8. The Bertz CT molecular complexity index is 396. The van der Waals surface area contributed by atoms with E-state index in [9.17, 15) is 10.2 Å². The first-order valence-electron chi connectivity index (χ1n) is 7.07. The second kappa shape index (κ2) is 6.26. The standard InChI is InChI=1S/C15H24N2O2/c1-11(10-17-8-3-4-9-17)16-12(2)15-13(18)6-5-7-14(15)19/h5-7,11-12,16,18-19H,3-4,8-10H2,1-2H3. The van der Waals surface area contributed by atoms with Gasteiger partial charge in [-0.1, -0.05) is 6.07 Å². The molecule has 4 nitrogen and oxygen atoms in total. The van der Waals surface area contributed by atoms with Crippen LogP contribution in [0, 0.1) is 0 Å². The van der Waals surface area contributed by atoms with E-state index in [-0.39, 0.29) is 17.5 Å². The summed E-state index contributed by atoms with van der Waals surface area (Å²) in [6, 6.07) is 5.12. The van der Waals surface area contributed by atoms with E-state index in [4.69, 9.17) is 0 Å². The Labute approximate surface area is 115 Å². The molecule has 0 radical (unpaired) electrons. The molecule has 1 saturated heterocycles. The van der Waals surface area contributed by atoms with Crippen molar-refractivity contribution in [1.82, 2.24) is 10.2 Å². The molecule has 4 heteroatoms. The van der Waals surface area contributed by atoms with Gasteiger partial charge in [0.25, 0.3) is 0 Å². The average molecular weight is 264 g/mol. The highest BCUT2D eigenvalue weighted by molar-refractivity contribution is 5.44. The van der Waals surface area contributed by atoms with Gasteiger partial charge in [0.1, 0.15) is 11.5 Å². The first-order chi connectivity index (χ1) is 9.08. The number of phenolic OH excluding ortho intramolecular Hbond substituents is 2. The highest BCUT2D eigenvalue weighted by Crippen LogP contribution is 2.32. The number of rotatable bonds is 5. The van der Waals surface area contributed by atoms with Crippen LogP contribution in [0.1, 0.15) is 38.3 Å². The third-order valence-corrected chi connectivity index (χ3v) is 3.76. The third-order valence-electron chi connectivity index (χ3n) is 3.76. The van der Waals surface area contributed by atoms with Gasteiger partial charge in [-0.3, -0.25) is 0 Å². The van der Waals surface area contributed by atoms with Crippen LogP contribution < -0.4 is 5.32 Å². The first-order valence-corrected chi connectivity index (χ1v) is 7.07. The van der Waals surface area contributed by atoms with Gasteiger partial charge in [-0.15, -0.1) is 0 Å². The Kier molecular flexibility index (Phi) is 4.66. The Morgan fingerprint density at radius 1 is 1.16 bits per heavy atom. The number of hydrogen-bond acceptors (Lipinski definition) is 4. The maximum Gasteiger partial charge on any atom is 0.124 e. The summed E-state index contributed by atoms with van der Waals surface area (Å²) in [6.07, 6.45) is 2.59. The maximum atomic E-state index is 9.85. The fourth-order valence-corrected chi connectivity index (χ4v) is 2.90. The highest BCUT2D eigenvalue weighted by Gasteiger charge is 2.19. The average Bonchev–Trinajstić information content (AvgIpc) is 2.81. The number of hydrogen-bond donors (Lipinski definition) is 3. The van der Waals surface area contributed by atoms with E-state index >= 15 is 0 Å². The predicted molar refractivity (Wildman–Crippen MR) is 76.5 cm³/mol. The summed E-state index contributed by atoms with van der Waals surface area (Å²) in [5.41, 5.74) is 0.579. The lowest BCUT2D eigenvalue weighted by atomic mass is 10.0. The Morgan fingerprint density at radius 3 is 2.32 bits per heavy atom. The van der Waals surface area contributed by atoms with E-state index in [0.717, 1.165) is 6.54 Å². The minimum Gasteiger partial charge on any atom is -0.507 e. The van der Waals surface area contributed by atoms with Crippen LogP contribution in [0.2, 0.25) is 0 Å². The maximum absolute atomic E-state index is 9.85. The molecular weight excluding hydrogens is 240 g/mol. The van der Waals surface area contributed by atoms with E-state index in [1.165, 1.54) is 25.9 Å². The lowest BCUT2D eigenvalue weighted by Gasteiger charge is -2.25. The number of phenols is 2. The van der Waals surface area contributed by atoms with Crippen molar-refractivity contribution in [2.45, 2.75) is 38.8 Å². The van der Waals surface area contributed by atoms with Crippen LogP contribution in [0.5, 0.6) is 11.5 Å². The van der Waals surface area contributed by atoms with Crippen molar-refractivity contribution < 1.29 is 10.2 Å². The van der Waals surface area contributed by atoms with Crippen LogP contribution in [0.15, 0.2) is 18.2 Å². The number of benzene rings is 1. The molecule has 0 aliphatic carbocycles. The molecule has 1 aromatic rings. The molecule has 1 heterocycles. The van der Waals surface area contributed by atoms with Crippen LogP contribution in [-0.4, -0.2) is 40.8 Å². The smallest absolute Gasteiger partial charge is 0.124 e. The molecule has 2 rings (SSSR count). The van der Waals surface area contributed by atoms with Crippen LogP contribution >= 0.6 is 0 Å². The summed E-state index contributed by atoms with van der Waals surface area (Å²) in [6.45, 7) is 7.49. The van der Waals surface area contributed by atoms with Gasteiger partial charge in [-0.25, -0.2) is 0 Å². The summed E-state index contributed by atoms with van der Waals surface area (Å²) < 4.78 is 0. The first kappa shape index (κ1) is 14.2. The van der Waals surface area contributed by atoms with Crippen molar-refractivity contribution in [3.05, 3.63) is 23.8 Å². The summed E-state index contributed by atoms with van der Waals surface area (Å²) in [7, 11) is 0. The normalized spacial score (nSPS) is 19.5. The molecule has 2 atom stereocenters. The molecule has 1 aliphatic rings. The second-order valence-corrected chi connectivity index (χ2v) is 5.51. The largest absolute Gasteiger partial charge is 0.507 e. The topological polar surface area (TPSA) is 55.7 Å². The molecular formula is C15H24N2O2. The van der Waals surface area contributed by atoms with Gasteiger partial charge in [0, 0.05) is 18.6 Å². The molecule has 0 aromatic heterocycles. The minimum absolute atomic E-state index is 0.0706. The van der Waals surface area contributed by atoms with Gasteiger partial charge in [0.15, 0.2) is 0 Å². The Morgan fingerprint density at radius 2 is 1.74 bits per heavy atom. The molecule has 1 aliphatic heterocycles. The van der Waals surface area contributed by atoms with Crippen molar-refractivity contribution in [3.8, 4) is 11.5 Å². The van der Waals surface area contributed by atoms with Gasteiger partial charge >= 0.3 is 0 Å². The van der Waals surface area contributed by atoms with Gasteiger partial charge in [0.2, 0.25) is 0 Å². The van der Waals surface area contributed by atoms with E-state index < -0.39 is 0 Å². The van der Waals surface area contributed by atoms with Crippen molar-refractivity contribution in [3.63, 3.8) is 0 Å². The summed E-state index contributed by atoms with van der Waals surface area (Å²) in [5, 5.41) is 23.1. The summed E-state index contributed by atoms with van der Waals surface area (Å²) in [5.74, 6) is 0.293. The van der Waals surface area contributed by atoms with E-state index in [0.29, 0.717) is 11.6 Å². The number of aromatic hydroxyl groups is 2. The summed E-state index contributed by atoms with van der Waals surface area (Å²) >= 11 is 0. The molecule has 0 spiro atoms. The molecule has 19 heavy (non-hydrogen) atoms. The molecule has 3 N–H and O–H groups in total. The van der Waals surface area contributed by atoms with Crippen molar-refractivity contribution >= 4 is 0 Å². The zero-order chi connectivity index (χ0) is 13.8. The molecule has 0 bridgehead atoms.